The van der Waals surface area contributed by atoms with Crippen LogP contribution in [0.5, 0.6) is 11.5 Å². The Balaban J connectivity index is 2.09. The Morgan fingerprint density at radius 2 is 1.40 bits per heavy atom. The highest BCUT2D eigenvalue weighted by atomic mass is 19.4. The number of alkyl halides is 3. The van der Waals surface area contributed by atoms with Gasteiger partial charge in [-0.2, -0.15) is 10.2 Å². The highest BCUT2D eigenvalue weighted by molar-refractivity contribution is 5.83. The summed E-state index contributed by atoms with van der Waals surface area (Å²) in [6.07, 6.45) is -2.83. The van der Waals surface area contributed by atoms with Crippen molar-refractivity contribution in [3.8, 4) is 11.5 Å². The number of nitrogens with zero attached hydrogens (tertiary/aromatic N) is 2. The maximum atomic E-state index is 13.5. The lowest BCUT2D eigenvalue weighted by Gasteiger charge is -2.10. The molecule has 0 fully saturated rings. The first-order valence-electron chi connectivity index (χ1n) is 6.74. The van der Waals surface area contributed by atoms with Crippen LogP contribution in [0.25, 0.3) is 0 Å². The molecule has 0 unspecified atom stereocenters. The molecule has 132 valence electrons. The van der Waals surface area contributed by atoms with Crippen molar-refractivity contribution in [2.24, 2.45) is 10.2 Å². The molecule has 0 atom stereocenters. The van der Waals surface area contributed by atoms with Crippen LogP contribution < -0.4 is 9.47 Å². The molecule has 0 N–H and O–H groups in total. The van der Waals surface area contributed by atoms with Crippen molar-refractivity contribution in [3.63, 3.8) is 0 Å². The molecule has 0 amide bonds. The van der Waals surface area contributed by atoms with Gasteiger partial charge in [0.05, 0.1) is 19.5 Å². The third-order valence-electron chi connectivity index (χ3n) is 2.83. The maximum Gasteiger partial charge on any atom is 0.573 e. The molecule has 0 radical (unpaired) electrons. The van der Waals surface area contributed by atoms with Crippen molar-refractivity contribution in [1.82, 2.24) is 0 Å². The molecule has 2 aromatic carbocycles. The van der Waals surface area contributed by atoms with Crippen LogP contribution in [0.15, 0.2) is 46.6 Å². The Morgan fingerprint density at radius 3 is 1.88 bits per heavy atom. The highest BCUT2D eigenvalue weighted by Gasteiger charge is 2.34. The van der Waals surface area contributed by atoms with Crippen molar-refractivity contribution in [3.05, 3.63) is 59.2 Å². The van der Waals surface area contributed by atoms with E-state index in [2.05, 4.69) is 14.9 Å². The Hall–Kier alpha value is -2.97. The number of halogens is 5. The normalized spacial score (nSPS) is 12.1. The average molecular weight is 358 g/mol. The second kappa shape index (κ2) is 7.73. The molecule has 0 spiro atoms. The first-order chi connectivity index (χ1) is 11.8. The number of methoxy groups -OCH3 is 1. The van der Waals surface area contributed by atoms with E-state index in [0.29, 0.717) is 23.4 Å². The van der Waals surface area contributed by atoms with Gasteiger partial charge in [-0.15, -0.1) is 13.2 Å². The fourth-order valence-corrected chi connectivity index (χ4v) is 1.76. The first-order valence-corrected chi connectivity index (χ1v) is 6.74. The van der Waals surface area contributed by atoms with Gasteiger partial charge in [0.25, 0.3) is 0 Å². The molecule has 25 heavy (non-hydrogen) atoms. The number of hydrogen-bond donors (Lipinski definition) is 0. The van der Waals surface area contributed by atoms with Crippen molar-refractivity contribution in [2.75, 3.05) is 7.11 Å². The third kappa shape index (κ3) is 5.55. The quantitative estimate of drug-likeness (QED) is 0.454. The summed E-state index contributed by atoms with van der Waals surface area (Å²) < 4.78 is 71.4. The summed E-state index contributed by atoms with van der Waals surface area (Å²) in [6, 6.07) is 8.12. The Labute approximate surface area is 139 Å². The molecule has 0 aliphatic carbocycles. The van der Waals surface area contributed by atoms with Crippen LogP contribution in [0.1, 0.15) is 11.1 Å². The lowest BCUT2D eigenvalue weighted by molar-refractivity contribution is -0.276. The summed E-state index contributed by atoms with van der Waals surface area (Å²) >= 11 is 0. The molecule has 0 saturated carbocycles. The minimum atomic E-state index is -5.19. The van der Waals surface area contributed by atoms with Gasteiger partial charge in [0, 0.05) is 5.56 Å². The maximum absolute atomic E-state index is 13.5. The zero-order valence-corrected chi connectivity index (χ0v) is 12.7. The number of rotatable bonds is 5. The van der Waals surface area contributed by atoms with E-state index in [9.17, 15) is 22.0 Å². The Morgan fingerprint density at radius 1 is 0.880 bits per heavy atom. The van der Waals surface area contributed by atoms with E-state index in [0.717, 1.165) is 6.21 Å². The van der Waals surface area contributed by atoms with Crippen LogP contribution >= 0.6 is 0 Å². The standard InChI is InChI=1S/C16H11F5N2O2/c1-24-12-4-2-10(3-5-12)8-22-23-9-11-6-13(17)15(14(18)7-11)25-16(19,20)21/h2-9H,1H3. The van der Waals surface area contributed by atoms with E-state index in [1.165, 1.54) is 13.3 Å². The second-order valence-electron chi connectivity index (χ2n) is 4.62. The zero-order chi connectivity index (χ0) is 18.4. The lowest BCUT2D eigenvalue weighted by atomic mass is 10.2. The second-order valence-corrected chi connectivity index (χ2v) is 4.62. The fourth-order valence-electron chi connectivity index (χ4n) is 1.76. The van der Waals surface area contributed by atoms with Gasteiger partial charge in [-0.1, -0.05) is 0 Å². The summed E-state index contributed by atoms with van der Waals surface area (Å²) in [6.45, 7) is 0. The summed E-state index contributed by atoms with van der Waals surface area (Å²) in [4.78, 5) is 0. The van der Waals surface area contributed by atoms with E-state index in [1.54, 1.807) is 24.3 Å². The van der Waals surface area contributed by atoms with Gasteiger partial charge >= 0.3 is 6.36 Å². The molecule has 0 bridgehead atoms. The summed E-state index contributed by atoms with van der Waals surface area (Å²) in [5.74, 6) is -3.87. The van der Waals surface area contributed by atoms with Crippen molar-refractivity contribution in [2.45, 2.75) is 6.36 Å². The Kier molecular flexibility index (Phi) is 5.68. The van der Waals surface area contributed by atoms with Gasteiger partial charge in [-0.05, 0) is 42.0 Å². The first kappa shape index (κ1) is 18.4. The molecule has 0 aliphatic rings. The molecule has 2 rings (SSSR count). The molecular weight excluding hydrogens is 347 g/mol. The minimum Gasteiger partial charge on any atom is -0.497 e. The van der Waals surface area contributed by atoms with Crippen LogP contribution in [0.4, 0.5) is 22.0 Å². The monoisotopic (exact) mass is 358 g/mol. The van der Waals surface area contributed by atoms with Crippen molar-refractivity contribution >= 4 is 12.4 Å². The van der Waals surface area contributed by atoms with Gasteiger partial charge in [0.1, 0.15) is 5.75 Å². The Bertz CT molecular complexity index is 763. The SMILES string of the molecule is COc1ccc(C=NN=Cc2cc(F)c(OC(F)(F)F)c(F)c2)cc1. The predicted molar refractivity (Wildman–Crippen MR) is 81.2 cm³/mol. The van der Waals surface area contributed by atoms with Gasteiger partial charge in [-0.3, -0.25) is 0 Å². The van der Waals surface area contributed by atoms with Gasteiger partial charge < -0.3 is 9.47 Å². The van der Waals surface area contributed by atoms with Crippen LogP contribution in [-0.4, -0.2) is 25.9 Å². The number of ether oxygens (including phenoxy) is 2. The van der Waals surface area contributed by atoms with Crippen LogP contribution in [0.3, 0.4) is 0 Å². The molecule has 2 aromatic rings. The fraction of sp³-hybridized carbons (Fsp3) is 0.125. The van der Waals surface area contributed by atoms with Crippen molar-refractivity contribution < 1.29 is 31.4 Å². The molecule has 0 aromatic heterocycles. The van der Waals surface area contributed by atoms with E-state index < -0.39 is 23.7 Å². The summed E-state index contributed by atoms with van der Waals surface area (Å²) in [5.41, 5.74) is 0.584. The lowest BCUT2D eigenvalue weighted by Crippen LogP contribution is -2.19. The third-order valence-corrected chi connectivity index (χ3v) is 2.83. The summed E-state index contributed by atoms with van der Waals surface area (Å²) in [7, 11) is 1.52. The van der Waals surface area contributed by atoms with E-state index in [4.69, 9.17) is 4.74 Å². The van der Waals surface area contributed by atoms with Crippen molar-refractivity contribution in [1.29, 1.82) is 0 Å². The van der Waals surface area contributed by atoms with E-state index in [1.807, 2.05) is 0 Å². The molecule has 4 nitrogen and oxygen atoms in total. The molecule has 0 aliphatic heterocycles. The zero-order valence-electron chi connectivity index (χ0n) is 12.7. The number of benzene rings is 2. The van der Waals surface area contributed by atoms with Gasteiger partial charge in [0.2, 0.25) is 5.75 Å². The van der Waals surface area contributed by atoms with Gasteiger partial charge in [-0.25, -0.2) is 8.78 Å². The van der Waals surface area contributed by atoms with Gasteiger partial charge in [0.15, 0.2) is 11.6 Å². The largest absolute Gasteiger partial charge is 0.573 e. The summed E-state index contributed by atoms with van der Waals surface area (Å²) in [5, 5.41) is 7.26. The predicted octanol–water partition coefficient (Wildman–Crippen LogP) is 4.33. The topological polar surface area (TPSA) is 43.2 Å². The van der Waals surface area contributed by atoms with Crippen LogP contribution in [-0.2, 0) is 0 Å². The van der Waals surface area contributed by atoms with Crippen LogP contribution in [0, 0.1) is 11.6 Å². The van der Waals surface area contributed by atoms with E-state index in [-0.39, 0.29) is 5.56 Å². The average Bonchev–Trinajstić information content (AvgIpc) is 2.55. The molecule has 0 heterocycles. The smallest absolute Gasteiger partial charge is 0.497 e. The highest BCUT2D eigenvalue weighted by Crippen LogP contribution is 2.29. The molecule has 0 saturated heterocycles. The molecule has 9 heteroatoms. The van der Waals surface area contributed by atoms with Crippen LogP contribution in [0.2, 0.25) is 0 Å². The number of hydrogen-bond acceptors (Lipinski definition) is 4. The minimum absolute atomic E-state index is 0.114. The molecular formula is C16H11F5N2O2. The van der Waals surface area contributed by atoms with E-state index >= 15 is 0 Å².